The highest BCUT2D eigenvalue weighted by Gasteiger charge is 2.23. The van der Waals surface area contributed by atoms with Gasteiger partial charge in [0.2, 0.25) is 0 Å². The number of hydrogen-bond donors (Lipinski definition) is 2. The summed E-state index contributed by atoms with van der Waals surface area (Å²) in [6, 6.07) is 14.5. The van der Waals surface area contributed by atoms with Gasteiger partial charge in [0.1, 0.15) is 0 Å². The second-order valence-corrected chi connectivity index (χ2v) is 9.92. The van der Waals surface area contributed by atoms with E-state index >= 15 is 0 Å². The highest BCUT2D eigenvalue weighted by atomic mass is 32.2. The summed E-state index contributed by atoms with van der Waals surface area (Å²) in [7, 11) is -3.63. The van der Waals surface area contributed by atoms with Crippen LogP contribution in [0.4, 0.5) is 5.69 Å². The summed E-state index contributed by atoms with van der Waals surface area (Å²) in [6.07, 6.45) is 1.29. The third-order valence-electron chi connectivity index (χ3n) is 4.81. The molecule has 2 amide bonds. The molecule has 0 aliphatic heterocycles. The predicted octanol–water partition coefficient (Wildman–Crippen LogP) is 4.20. The quantitative estimate of drug-likeness (QED) is 0.531. The number of benzene rings is 2. The number of carbonyl (C=O) groups excluding carboxylic acids is 2. The number of hydrogen-bond acceptors (Lipinski definition) is 5. The van der Waals surface area contributed by atoms with E-state index in [1.54, 1.807) is 43.3 Å². The molecule has 0 aliphatic rings. The number of carbonyl (C=O) groups is 2. The monoisotopic (exact) mass is 454 g/mol. The summed E-state index contributed by atoms with van der Waals surface area (Å²) < 4.78 is 30.6. The Morgan fingerprint density at radius 1 is 1.00 bits per heavy atom. The van der Waals surface area contributed by atoms with Gasteiger partial charge in [0.25, 0.3) is 11.8 Å². The number of sulfone groups is 1. The van der Waals surface area contributed by atoms with Crippen molar-refractivity contribution in [1.82, 2.24) is 5.32 Å². The highest BCUT2D eigenvalue weighted by Crippen LogP contribution is 2.22. The number of furan rings is 1. The SMILES string of the molecule is Cc1cc(C(=O)NCC(C)C)ccc1NC(=O)c1occc1CS(=O)(=O)c1ccccc1. The van der Waals surface area contributed by atoms with E-state index in [9.17, 15) is 18.0 Å². The molecule has 0 unspecified atom stereocenters. The minimum atomic E-state index is -3.63. The van der Waals surface area contributed by atoms with Crippen LogP contribution in [-0.4, -0.2) is 26.8 Å². The molecule has 168 valence electrons. The number of aryl methyl sites for hydroxylation is 1. The molecular weight excluding hydrogens is 428 g/mol. The molecule has 0 radical (unpaired) electrons. The van der Waals surface area contributed by atoms with Crippen molar-refractivity contribution in [2.45, 2.75) is 31.4 Å². The van der Waals surface area contributed by atoms with E-state index in [1.165, 1.54) is 24.5 Å². The van der Waals surface area contributed by atoms with Crippen molar-refractivity contribution in [2.24, 2.45) is 5.92 Å². The topological polar surface area (TPSA) is 105 Å². The molecule has 3 aromatic rings. The van der Waals surface area contributed by atoms with E-state index in [0.29, 0.717) is 29.3 Å². The Morgan fingerprint density at radius 2 is 1.72 bits per heavy atom. The largest absolute Gasteiger partial charge is 0.459 e. The maximum atomic E-state index is 12.8. The van der Waals surface area contributed by atoms with Crippen molar-refractivity contribution in [3.8, 4) is 0 Å². The fourth-order valence-electron chi connectivity index (χ4n) is 3.09. The zero-order valence-electron chi connectivity index (χ0n) is 18.2. The molecule has 2 aromatic carbocycles. The van der Waals surface area contributed by atoms with Gasteiger partial charge in [-0.2, -0.15) is 0 Å². The van der Waals surface area contributed by atoms with Crippen molar-refractivity contribution < 1.29 is 22.4 Å². The first-order chi connectivity index (χ1) is 15.2. The first-order valence-corrected chi connectivity index (χ1v) is 11.9. The molecule has 0 atom stereocenters. The standard InChI is InChI=1S/C24H26N2O5S/c1-16(2)14-25-23(27)18-9-10-21(17(3)13-18)26-24(28)22-19(11-12-31-22)15-32(29,30)20-7-5-4-6-8-20/h4-13,16H,14-15H2,1-3H3,(H,25,27)(H,26,28). The Hall–Kier alpha value is -3.39. The Morgan fingerprint density at radius 3 is 2.38 bits per heavy atom. The summed E-state index contributed by atoms with van der Waals surface area (Å²) >= 11 is 0. The van der Waals surface area contributed by atoms with E-state index in [0.717, 1.165) is 0 Å². The van der Waals surface area contributed by atoms with Crippen LogP contribution in [0.25, 0.3) is 0 Å². The number of amides is 2. The van der Waals surface area contributed by atoms with Gasteiger partial charge < -0.3 is 15.1 Å². The van der Waals surface area contributed by atoms with Crippen molar-refractivity contribution >= 4 is 27.3 Å². The van der Waals surface area contributed by atoms with Crippen LogP contribution in [0.15, 0.2) is 70.2 Å². The van der Waals surface area contributed by atoms with Gasteiger partial charge in [-0.1, -0.05) is 32.0 Å². The van der Waals surface area contributed by atoms with Crippen LogP contribution in [0.1, 0.15) is 45.9 Å². The average molecular weight is 455 g/mol. The maximum Gasteiger partial charge on any atom is 0.291 e. The van der Waals surface area contributed by atoms with Crippen LogP contribution in [0.2, 0.25) is 0 Å². The van der Waals surface area contributed by atoms with E-state index in [-0.39, 0.29) is 27.9 Å². The van der Waals surface area contributed by atoms with Crippen LogP contribution in [0.3, 0.4) is 0 Å². The van der Waals surface area contributed by atoms with E-state index in [1.807, 2.05) is 13.8 Å². The van der Waals surface area contributed by atoms with Crippen molar-refractivity contribution in [3.63, 3.8) is 0 Å². The summed E-state index contributed by atoms with van der Waals surface area (Å²) in [5.41, 5.74) is 1.96. The van der Waals surface area contributed by atoms with Gasteiger partial charge in [0.15, 0.2) is 15.6 Å². The molecule has 0 saturated carbocycles. The first-order valence-electron chi connectivity index (χ1n) is 10.2. The summed E-state index contributed by atoms with van der Waals surface area (Å²) in [5.74, 6) is -0.827. The van der Waals surface area contributed by atoms with Crippen molar-refractivity contribution in [1.29, 1.82) is 0 Å². The molecular formula is C24H26N2O5S. The Bertz CT molecular complexity index is 1210. The van der Waals surface area contributed by atoms with Crippen molar-refractivity contribution in [3.05, 3.63) is 83.3 Å². The van der Waals surface area contributed by atoms with Crippen LogP contribution >= 0.6 is 0 Å². The van der Waals surface area contributed by atoms with Crippen LogP contribution in [0, 0.1) is 12.8 Å². The molecule has 0 saturated heterocycles. The fraction of sp³-hybridized carbons (Fsp3) is 0.250. The Kier molecular flexibility index (Phi) is 7.15. The molecule has 7 nitrogen and oxygen atoms in total. The molecule has 1 heterocycles. The van der Waals surface area contributed by atoms with E-state index in [4.69, 9.17) is 4.42 Å². The minimum Gasteiger partial charge on any atom is -0.459 e. The average Bonchev–Trinajstić information content (AvgIpc) is 3.21. The molecule has 0 fully saturated rings. The minimum absolute atomic E-state index is 0.0670. The van der Waals surface area contributed by atoms with Crippen LogP contribution < -0.4 is 10.6 Å². The van der Waals surface area contributed by atoms with Gasteiger partial charge in [-0.3, -0.25) is 9.59 Å². The number of nitrogens with one attached hydrogen (secondary N) is 2. The first kappa shape index (κ1) is 23.3. The number of rotatable bonds is 8. The van der Waals surface area contributed by atoms with Gasteiger partial charge in [0.05, 0.1) is 16.9 Å². The lowest BCUT2D eigenvalue weighted by Gasteiger charge is -2.11. The second-order valence-electron chi connectivity index (χ2n) is 7.93. The molecule has 0 bridgehead atoms. The fourth-order valence-corrected chi connectivity index (χ4v) is 4.46. The zero-order valence-corrected chi connectivity index (χ0v) is 19.0. The van der Waals surface area contributed by atoms with Crippen LogP contribution in [-0.2, 0) is 15.6 Å². The molecule has 2 N–H and O–H groups in total. The molecule has 1 aromatic heterocycles. The zero-order chi connectivity index (χ0) is 23.3. The third-order valence-corrected chi connectivity index (χ3v) is 6.49. The molecule has 32 heavy (non-hydrogen) atoms. The van der Waals surface area contributed by atoms with Gasteiger partial charge >= 0.3 is 0 Å². The lowest BCUT2D eigenvalue weighted by atomic mass is 10.1. The van der Waals surface area contributed by atoms with Gasteiger partial charge in [-0.05, 0) is 54.8 Å². The predicted molar refractivity (Wildman–Crippen MR) is 122 cm³/mol. The number of anilines is 1. The molecule has 0 aliphatic carbocycles. The highest BCUT2D eigenvalue weighted by molar-refractivity contribution is 7.90. The van der Waals surface area contributed by atoms with Gasteiger partial charge in [0, 0.05) is 23.4 Å². The maximum absolute atomic E-state index is 12.8. The molecule has 8 heteroatoms. The van der Waals surface area contributed by atoms with Gasteiger partial charge in [-0.15, -0.1) is 0 Å². The summed E-state index contributed by atoms with van der Waals surface area (Å²) in [4.78, 5) is 25.2. The lowest BCUT2D eigenvalue weighted by Crippen LogP contribution is -2.27. The molecule has 0 spiro atoms. The Balaban J connectivity index is 1.74. The van der Waals surface area contributed by atoms with Crippen molar-refractivity contribution in [2.75, 3.05) is 11.9 Å². The normalized spacial score (nSPS) is 11.4. The van der Waals surface area contributed by atoms with E-state index in [2.05, 4.69) is 10.6 Å². The summed E-state index contributed by atoms with van der Waals surface area (Å²) in [6.45, 7) is 6.37. The Labute approximate surface area is 187 Å². The second kappa shape index (κ2) is 9.82. The smallest absolute Gasteiger partial charge is 0.291 e. The van der Waals surface area contributed by atoms with E-state index < -0.39 is 15.7 Å². The van der Waals surface area contributed by atoms with Gasteiger partial charge in [-0.25, -0.2) is 8.42 Å². The molecule has 3 rings (SSSR count). The summed E-state index contributed by atoms with van der Waals surface area (Å²) in [5, 5.41) is 5.59. The van der Waals surface area contributed by atoms with Crippen LogP contribution in [0.5, 0.6) is 0 Å². The third kappa shape index (κ3) is 5.64. The lowest BCUT2D eigenvalue weighted by molar-refractivity contribution is 0.0948.